The van der Waals surface area contributed by atoms with E-state index in [4.69, 9.17) is 0 Å². The summed E-state index contributed by atoms with van der Waals surface area (Å²) in [6.07, 6.45) is 2.37. The third kappa shape index (κ3) is 1.92. The molecule has 0 aliphatic heterocycles. The molecular formula is C13H14O4. The largest absolute Gasteiger partial charge is 0.508 e. The summed E-state index contributed by atoms with van der Waals surface area (Å²) in [5.41, 5.74) is -0.655. The molecule has 0 amide bonds. The highest BCUT2D eigenvalue weighted by Gasteiger charge is 2.38. The fourth-order valence-corrected chi connectivity index (χ4v) is 1.88. The minimum absolute atomic E-state index is 0.100. The van der Waals surface area contributed by atoms with E-state index in [1.807, 2.05) is 6.92 Å². The lowest BCUT2D eigenvalue weighted by Gasteiger charge is -2.31. The van der Waals surface area contributed by atoms with Crippen LogP contribution in [0.15, 0.2) is 42.2 Å². The zero-order valence-electron chi connectivity index (χ0n) is 9.33. The highest BCUT2D eigenvalue weighted by Crippen LogP contribution is 2.36. The van der Waals surface area contributed by atoms with Gasteiger partial charge in [0.25, 0.3) is 0 Å². The molecule has 4 heteroatoms. The third-order valence-electron chi connectivity index (χ3n) is 2.87. The van der Waals surface area contributed by atoms with Crippen molar-refractivity contribution in [3.63, 3.8) is 0 Å². The van der Waals surface area contributed by atoms with Gasteiger partial charge in [0, 0.05) is 5.56 Å². The first-order chi connectivity index (χ1) is 7.93. The second kappa shape index (κ2) is 3.91. The van der Waals surface area contributed by atoms with Crippen LogP contribution < -0.4 is 0 Å². The SMILES string of the molecule is Cc1ccc(O)c(C2(O)C=CC(O)=CC2O)c1. The molecule has 0 bridgehead atoms. The molecule has 4 nitrogen and oxygen atoms in total. The van der Waals surface area contributed by atoms with Crippen LogP contribution in [0, 0.1) is 6.92 Å². The van der Waals surface area contributed by atoms with E-state index in [0.717, 1.165) is 11.6 Å². The molecule has 0 saturated carbocycles. The minimum atomic E-state index is -1.72. The smallest absolute Gasteiger partial charge is 0.141 e. The van der Waals surface area contributed by atoms with E-state index in [1.165, 1.54) is 18.2 Å². The second-order valence-electron chi connectivity index (χ2n) is 4.22. The van der Waals surface area contributed by atoms with Crippen molar-refractivity contribution in [1.29, 1.82) is 0 Å². The van der Waals surface area contributed by atoms with Gasteiger partial charge in [-0.3, -0.25) is 0 Å². The fraction of sp³-hybridized carbons (Fsp3) is 0.231. The summed E-state index contributed by atoms with van der Waals surface area (Å²) >= 11 is 0. The molecule has 0 fully saturated rings. The van der Waals surface area contributed by atoms with Crippen LogP contribution in [-0.4, -0.2) is 26.5 Å². The van der Waals surface area contributed by atoms with Crippen molar-refractivity contribution in [1.82, 2.24) is 0 Å². The number of hydrogen-bond donors (Lipinski definition) is 4. The number of aliphatic hydroxyl groups is 3. The molecule has 2 rings (SSSR count). The predicted octanol–water partition coefficient (Wildman–Crippen LogP) is 1.26. The maximum Gasteiger partial charge on any atom is 0.141 e. The molecule has 0 heterocycles. The Labute approximate surface area is 98.8 Å². The van der Waals surface area contributed by atoms with Crippen molar-refractivity contribution >= 4 is 0 Å². The molecule has 2 atom stereocenters. The lowest BCUT2D eigenvalue weighted by molar-refractivity contribution is -0.0231. The van der Waals surface area contributed by atoms with E-state index >= 15 is 0 Å². The van der Waals surface area contributed by atoms with E-state index in [-0.39, 0.29) is 17.1 Å². The second-order valence-corrected chi connectivity index (χ2v) is 4.22. The summed E-state index contributed by atoms with van der Waals surface area (Å²) in [6.45, 7) is 1.82. The Balaban J connectivity index is 2.53. The monoisotopic (exact) mass is 234 g/mol. The summed E-state index contributed by atoms with van der Waals surface area (Å²) in [5.74, 6) is -0.217. The first kappa shape index (κ1) is 11.7. The molecule has 0 radical (unpaired) electrons. The van der Waals surface area contributed by atoms with Gasteiger partial charge in [0.05, 0.1) is 0 Å². The topological polar surface area (TPSA) is 80.9 Å². The number of hydrogen-bond acceptors (Lipinski definition) is 4. The van der Waals surface area contributed by atoms with E-state index in [0.29, 0.717) is 0 Å². The lowest BCUT2D eigenvalue weighted by atomic mass is 9.83. The Bertz CT molecular complexity index is 504. The normalized spacial score (nSPS) is 27.9. The van der Waals surface area contributed by atoms with Gasteiger partial charge in [0.2, 0.25) is 0 Å². The van der Waals surface area contributed by atoms with Crippen molar-refractivity contribution < 1.29 is 20.4 Å². The quantitative estimate of drug-likeness (QED) is 0.589. The molecule has 1 aliphatic rings. The molecule has 1 aromatic carbocycles. The number of allylic oxidation sites excluding steroid dienone is 1. The van der Waals surface area contributed by atoms with Crippen LogP contribution in [0.2, 0.25) is 0 Å². The molecule has 17 heavy (non-hydrogen) atoms. The van der Waals surface area contributed by atoms with E-state index in [9.17, 15) is 20.4 Å². The lowest BCUT2D eigenvalue weighted by Crippen LogP contribution is -2.38. The van der Waals surface area contributed by atoms with Crippen molar-refractivity contribution in [3.05, 3.63) is 53.3 Å². The Kier molecular flexibility index (Phi) is 2.69. The molecule has 4 N–H and O–H groups in total. The van der Waals surface area contributed by atoms with Gasteiger partial charge >= 0.3 is 0 Å². The van der Waals surface area contributed by atoms with Crippen molar-refractivity contribution in [2.75, 3.05) is 0 Å². The first-order valence-electron chi connectivity index (χ1n) is 5.24. The molecular weight excluding hydrogens is 220 g/mol. The summed E-state index contributed by atoms with van der Waals surface area (Å²) in [6, 6.07) is 4.76. The standard InChI is InChI=1S/C13H14O4/c1-8-2-3-11(15)10(6-8)13(17)5-4-9(14)7-12(13)16/h2-7,12,14-17H,1H3. The molecule has 0 spiro atoms. The first-order valence-corrected chi connectivity index (χ1v) is 5.24. The Morgan fingerprint density at radius 1 is 1.24 bits per heavy atom. The van der Waals surface area contributed by atoms with Gasteiger partial charge in [-0.1, -0.05) is 11.6 Å². The summed E-state index contributed by atoms with van der Waals surface area (Å²) < 4.78 is 0. The van der Waals surface area contributed by atoms with Gasteiger partial charge in [0.1, 0.15) is 23.2 Å². The van der Waals surface area contributed by atoms with Crippen LogP contribution in [0.5, 0.6) is 5.75 Å². The maximum atomic E-state index is 10.4. The number of phenolic OH excluding ortho intramolecular Hbond substituents is 1. The average molecular weight is 234 g/mol. The van der Waals surface area contributed by atoms with Gasteiger partial charge in [-0.15, -0.1) is 0 Å². The molecule has 0 saturated heterocycles. The van der Waals surface area contributed by atoms with Crippen LogP contribution >= 0.6 is 0 Å². The Morgan fingerprint density at radius 3 is 2.59 bits per heavy atom. The molecule has 90 valence electrons. The summed E-state index contributed by atoms with van der Waals surface area (Å²) in [7, 11) is 0. The average Bonchev–Trinajstić information content (AvgIpc) is 2.27. The zero-order chi connectivity index (χ0) is 12.6. The number of aliphatic hydroxyl groups excluding tert-OH is 2. The number of benzene rings is 1. The van der Waals surface area contributed by atoms with Crippen LogP contribution in [0.4, 0.5) is 0 Å². The van der Waals surface area contributed by atoms with Crippen molar-refractivity contribution in [2.45, 2.75) is 18.6 Å². The highest BCUT2D eigenvalue weighted by atomic mass is 16.3. The molecule has 1 aromatic rings. The van der Waals surface area contributed by atoms with Crippen LogP contribution in [0.3, 0.4) is 0 Å². The van der Waals surface area contributed by atoms with Gasteiger partial charge in [-0.25, -0.2) is 0 Å². The van der Waals surface area contributed by atoms with Gasteiger partial charge in [0.15, 0.2) is 0 Å². The van der Waals surface area contributed by atoms with E-state index in [2.05, 4.69) is 0 Å². The Hall–Kier alpha value is -1.78. The third-order valence-corrected chi connectivity index (χ3v) is 2.87. The van der Waals surface area contributed by atoms with Gasteiger partial charge in [-0.2, -0.15) is 0 Å². The molecule has 0 aromatic heterocycles. The Morgan fingerprint density at radius 2 is 1.94 bits per heavy atom. The van der Waals surface area contributed by atoms with Crippen LogP contribution in [0.25, 0.3) is 0 Å². The maximum absolute atomic E-state index is 10.4. The van der Waals surface area contributed by atoms with E-state index in [1.54, 1.807) is 12.1 Å². The number of aryl methyl sites for hydroxylation is 1. The fourth-order valence-electron chi connectivity index (χ4n) is 1.88. The predicted molar refractivity (Wildman–Crippen MR) is 62.6 cm³/mol. The highest BCUT2D eigenvalue weighted by molar-refractivity contribution is 5.46. The molecule has 2 unspecified atom stereocenters. The number of aromatic hydroxyl groups is 1. The summed E-state index contributed by atoms with van der Waals surface area (Å²) in [5, 5.41) is 39.2. The van der Waals surface area contributed by atoms with Crippen LogP contribution in [0.1, 0.15) is 11.1 Å². The molecule has 1 aliphatic carbocycles. The van der Waals surface area contributed by atoms with Crippen molar-refractivity contribution in [3.8, 4) is 5.75 Å². The van der Waals surface area contributed by atoms with Gasteiger partial charge < -0.3 is 20.4 Å². The van der Waals surface area contributed by atoms with Crippen LogP contribution in [-0.2, 0) is 5.60 Å². The summed E-state index contributed by atoms with van der Waals surface area (Å²) in [4.78, 5) is 0. The zero-order valence-corrected chi connectivity index (χ0v) is 9.33. The van der Waals surface area contributed by atoms with E-state index < -0.39 is 11.7 Å². The van der Waals surface area contributed by atoms with Gasteiger partial charge in [-0.05, 0) is 37.3 Å². The minimum Gasteiger partial charge on any atom is -0.508 e. The van der Waals surface area contributed by atoms with Crippen molar-refractivity contribution in [2.24, 2.45) is 0 Å². The number of phenols is 1. The number of rotatable bonds is 1.